The number of aliphatic hydroxyl groups excluding tert-OH is 1. The summed E-state index contributed by atoms with van der Waals surface area (Å²) in [5, 5.41) is 10.3. The third-order valence-electron chi connectivity index (χ3n) is 2.54. The molecule has 1 heterocycles. The maximum Gasteiger partial charge on any atom is 0.0702 e. The van der Waals surface area contributed by atoms with Crippen molar-refractivity contribution in [1.29, 1.82) is 0 Å². The Labute approximate surface area is 83.6 Å². The Morgan fingerprint density at radius 1 is 1.36 bits per heavy atom. The highest BCUT2D eigenvalue weighted by atomic mass is 16.3. The minimum Gasteiger partial charge on any atom is -0.392 e. The first-order chi connectivity index (χ1) is 6.85. The summed E-state index contributed by atoms with van der Waals surface area (Å²) in [6.07, 6.45) is 4.14. The van der Waals surface area contributed by atoms with Gasteiger partial charge in [0, 0.05) is 22.7 Å². The van der Waals surface area contributed by atoms with Crippen LogP contribution in [0.15, 0.2) is 24.4 Å². The van der Waals surface area contributed by atoms with Gasteiger partial charge >= 0.3 is 0 Å². The van der Waals surface area contributed by atoms with Crippen molar-refractivity contribution in [3.63, 3.8) is 0 Å². The number of aryl methyl sites for hydroxylation is 1. The first-order valence-corrected chi connectivity index (χ1v) is 5.05. The lowest BCUT2D eigenvalue weighted by Crippen LogP contribution is -1.84. The molecular formula is C12H15NO. The third-order valence-corrected chi connectivity index (χ3v) is 2.54. The predicted molar refractivity (Wildman–Crippen MR) is 58.2 cm³/mol. The third kappa shape index (κ3) is 1.53. The zero-order valence-corrected chi connectivity index (χ0v) is 8.38. The van der Waals surface area contributed by atoms with E-state index in [1.165, 1.54) is 5.56 Å². The Bertz CT molecular complexity index is 431. The van der Waals surface area contributed by atoms with Crippen molar-refractivity contribution >= 4 is 10.9 Å². The lowest BCUT2D eigenvalue weighted by atomic mass is 10.1. The van der Waals surface area contributed by atoms with Crippen LogP contribution >= 0.6 is 0 Å². The van der Waals surface area contributed by atoms with E-state index in [1.807, 2.05) is 6.20 Å². The van der Waals surface area contributed by atoms with E-state index < -0.39 is 0 Å². The van der Waals surface area contributed by atoms with Crippen LogP contribution in [0.2, 0.25) is 0 Å². The van der Waals surface area contributed by atoms with Crippen molar-refractivity contribution in [3.8, 4) is 0 Å². The number of benzene rings is 1. The molecule has 0 spiro atoms. The summed E-state index contributed by atoms with van der Waals surface area (Å²) < 4.78 is 0. The molecule has 1 aromatic heterocycles. The van der Waals surface area contributed by atoms with Crippen molar-refractivity contribution in [1.82, 2.24) is 4.98 Å². The van der Waals surface area contributed by atoms with Gasteiger partial charge in [0.1, 0.15) is 0 Å². The zero-order chi connectivity index (χ0) is 9.97. The molecule has 2 heteroatoms. The van der Waals surface area contributed by atoms with Crippen LogP contribution in [-0.2, 0) is 13.0 Å². The van der Waals surface area contributed by atoms with Crippen molar-refractivity contribution < 1.29 is 5.11 Å². The van der Waals surface area contributed by atoms with Gasteiger partial charge in [-0.1, -0.05) is 19.4 Å². The Kier molecular flexibility index (Phi) is 2.55. The summed E-state index contributed by atoms with van der Waals surface area (Å²) in [6.45, 7) is 2.28. The number of aromatic amines is 1. The molecule has 0 amide bonds. The smallest absolute Gasteiger partial charge is 0.0702 e. The Morgan fingerprint density at radius 2 is 2.21 bits per heavy atom. The summed E-state index contributed by atoms with van der Waals surface area (Å²) in [5.41, 5.74) is 3.43. The van der Waals surface area contributed by atoms with Crippen LogP contribution in [0, 0.1) is 0 Å². The molecule has 2 nitrogen and oxygen atoms in total. The molecule has 2 N–H and O–H groups in total. The maximum atomic E-state index is 9.13. The SMILES string of the molecule is CCCc1ccc2[nH]cc(CO)c2c1. The van der Waals surface area contributed by atoms with E-state index in [1.54, 1.807) is 0 Å². The lowest BCUT2D eigenvalue weighted by molar-refractivity contribution is 0.283. The van der Waals surface area contributed by atoms with Crippen LogP contribution in [0.4, 0.5) is 0 Å². The van der Waals surface area contributed by atoms with Crippen LogP contribution in [0.3, 0.4) is 0 Å². The van der Waals surface area contributed by atoms with Gasteiger partial charge in [-0.25, -0.2) is 0 Å². The number of rotatable bonds is 3. The number of H-pyrrole nitrogens is 1. The number of aromatic nitrogens is 1. The molecule has 0 saturated heterocycles. The average molecular weight is 189 g/mol. The second-order valence-electron chi connectivity index (χ2n) is 3.60. The van der Waals surface area contributed by atoms with Gasteiger partial charge in [-0.3, -0.25) is 0 Å². The fraction of sp³-hybridized carbons (Fsp3) is 0.333. The van der Waals surface area contributed by atoms with E-state index in [9.17, 15) is 0 Å². The van der Waals surface area contributed by atoms with E-state index in [0.29, 0.717) is 0 Å². The number of hydrogen-bond donors (Lipinski definition) is 2. The normalized spacial score (nSPS) is 11.0. The van der Waals surface area contributed by atoms with Crippen molar-refractivity contribution in [2.45, 2.75) is 26.4 Å². The molecular weight excluding hydrogens is 174 g/mol. The van der Waals surface area contributed by atoms with Gasteiger partial charge in [-0.15, -0.1) is 0 Å². The molecule has 0 saturated carbocycles. The molecule has 0 aliphatic heterocycles. The number of aliphatic hydroxyl groups is 1. The highest BCUT2D eigenvalue weighted by Gasteiger charge is 2.02. The van der Waals surface area contributed by atoms with Gasteiger partial charge in [-0.05, 0) is 24.1 Å². The Balaban J connectivity index is 2.50. The molecule has 0 aliphatic carbocycles. The summed E-state index contributed by atoms with van der Waals surface area (Å²) in [5.74, 6) is 0. The molecule has 1 aromatic carbocycles. The van der Waals surface area contributed by atoms with E-state index >= 15 is 0 Å². The highest BCUT2D eigenvalue weighted by Crippen LogP contribution is 2.20. The first kappa shape index (κ1) is 9.28. The summed E-state index contributed by atoms with van der Waals surface area (Å²) in [7, 11) is 0. The van der Waals surface area contributed by atoms with Crippen molar-refractivity contribution in [3.05, 3.63) is 35.5 Å². The van der Waals surface area contributed by atoms with Gasteiger partial charge in [0.2, 0.25) is 0 Å². The van der Waals surface area contributed by atoms with Crippen molar-refractivity contribution in [2.24, 2.45) is 0 Å². The minimum absolute atomic E-state index is 0.107. The molecule has 0 radical (unpaired) electrons. The second kappa shape index (κ2) is 3.84. The molecule has 14 heavy (non-hydrogen) atoms. The van der Waals surface area contributed by atoms with Crippen LogP contribution < -0.4 is 0 Å². The van der Waals surface area contributed by atoms with E-state index in [2.05, 4.69) is 30.1 Å². The molecule has 0 fully saturated rings. The van der Waals surface area contributed by atoms with Crippen LogP contribution in [-0.4, -0.2) is 10.1 Å². The standard InChI is InChI=1S/C12H15NO/c1-2-3-9-4-5-12-11(6-9)10(8-14)7-13-12/h4-7,13-14H,2-3,8H2,1H3. The van der Waals surface area contributed by atoms with Gasteiger partial charge in [0.15, 0.2) is 0 Å². The van der Waals surface area contributed by atoms with Gasteiger partial charge in [-0.2, -0.15) is 0 Å². The topological polar surface area (TPSA) is 36.0 Å². The molecule has 0 atom stereocenters. The van der Waals surface area contributed by atoms with Crippen LogP contribution in [0.25, 0.3) is 10.9 Å². The number of nitrogens with one attached hydrogen (secondary N) is 1. The molecule has 0 unspecified atom stereocenters. The average Bonchev–Trinajstić information content (AvgIpc) is 2.60. The van der Waals surface area contributed by atoms with Crippen LogP contribution in [0.5, 0.6) is 0 Å². The first-order valence-electron chi connectivity index (χ1n) is 5.05. The van der Waals surface area contributed by atoms with E-state index in [0.717, 1.165) is 29.3 Å². The van der Waals surface area contributed by atoms with Gasteiger partial charge in [0.25, 0.3) is 0 Å². The van der Waals surface area contributed by atoms with Gasteiger partial charge < -0.3 is 10.1 Å². The minimum atomic E-state index is 0.107. The predicted octanol–water partition coefficient (Wildman–Crippen LogP) is 2.61. The monoisotopic (exact) mass is 189 g/mol. The molecule has 0 aliphatic rings. The van der Waals surface area contributed by atoms with Crippen molar-refractivity contribution in [2.75, 3.05) is 0 Å². The van der Waals surface area contributed by atoms with Crippen LogP contribution in [0.1, 0.15) is 24.5 Å². The van der Waals surface area contributed by atoms with E-state index in [4.69, 9.17) is 5.11 Å². The van der Waals surface area contributed by atoms with E-state index in [-0.39, 0.29) is 6.61 Å². The number of fused-ring (bicyclic) bond motifs is 1. The summed E-state index contributed by atoms with van der Waals surface area (Å²) in [6, 6.07) is 6.39. The molecule has 2 aromatic rings. The lowest BCUT2D eigenvalue weighted by Gasteiger charge is -1.99. The largest absolute Gasteiger partial charge is 0.392 e. The van der Waals surface area contributed by atoms with Gasteiger partial charge in [0.05, 0.1) is 6.61 Å². The fourth-order valence-electron chi connectivity index (χ4n) is 1.80. The Hall–Kier alpha value is -1.28. The maximum absolute atomic E-state index is 9.13. The molecule has 2 rings (SSSR count). The quantitative estimate of drug-likeness (QED) is 0.765. The summed E-state index contributed by atoms with van der Waals surface area (Å²) in [4.78, 5) is 3.15. The number of hydrogen-bond acceptors (Lipinski definition) is 1. The molecule has 0 bridgehead atoms. The highest BCUT2D eigenvalue weighted by molar-refractivity contribution is 5.83. The summed E-state index contributed by atoms with van der Waals surface area (Å²) >= 11 is 0. The zero-order valence-electron chi connectivity index (χ0n) is 8.38. The fourth-order valence-corrected chi connectivity index (χ4v) is 1.80. The Morgan fingerprint density at radius 3 is 2.93 bits per heavy atom. The molecule has 74 valence electrons. The second-order valence-corrected chi connectivity index (χ2v) is 3.60.